The second-order valence-corrected chi connectivity index (χ2v) is 6.54. The highest BCUT2D eigenvalue weighted by molar-refractivity contribution is 14.1. The zero-order valence-corrected chi connectivity index (χ0v) is 15.5. The third-order valence-electron chi connectivity index (χ3n) is 3.21. The molecular weight excluding hydrogens is 415 g/mol. The zero-order chi connectivity index (χ0) is 13.9. The van der Waals surface area contributed by atoms with Crippen molar-refractivity contribution in [3.05, 3.63) is 34.3 Å². The van der Waals surface area contributed by atoms with E-state index in [4.69, 9.17) is 4.74 Å². The molecular formula is C16H24BrIO. The molecule has 108 valence electrons. The van der Waals surface area contributed by atoms with Gasteiger partial charge in [0, 0.05) is 15.5 Å². The van der Waals surface area contributed by atoms with Crippen LogP contribution in [0.5, 0.6) is 0 Å². The van der Waals surface area contributed by atoms with Gasteiger partial charge in [-0.05, 0) is 18.1 Å². The number of hydrogen-bond donors (Lipinski definition) is 0. The fourth-order valence-corrected chi connectivity index (χ4v) is 3.33. The average molecular weight is 439 g/mol. The Hall–Kier alpha value is 0.390. The first-order chi connectivity index (χ1) is 9.29. The van der Waals surface area contributed by atoms with Crippen molar-refractivity contribution in [1.29, 1.82) is 0 Å². The summed E-state index contributed by atoms with van der Waals surface area (Å²) in [6.45, 7) is 3.13. The molecule has 1 rings (SSSR count). The Balaban J connectivity index is 2.24. The molecule has 0 aromatic heterocycles. The van der Waals surface area contributed by atoms with Crippen LogP contribution >= 0.6 is 38.5 Å². The molecule has 0 amide bonds. The quantitative estimate of drug-likeness (QED) is 0.236. The van der Waals surface area contributed by atoms with E-state index in [-0.39, 0.29) is 6.10 Å². The highest BCUT2D eigenvalue weighted by Gasteiger charge is 2.12. The van der Waals surface area contributed by atoms with E-state index in [0.717, 1.165) is 15.5 Å². The lowest BCUT2D eigenvalue weighted by Crippen LogP contribution is -2.07. The summed E-state index contributed by atoms with van der Waals surface area (Å²) in [5, 5.41) is 0. The first-order valence-corrected chi connectivity index (χ1v) is 9.53. The van der Waals surface area contributed by atoms with Gasteiger partial charge in [-0.1, -0.05) is 95.7 Å². The number of unbranched alkanes of at least 4 members (excludes halogenated alkanes) is 5. The maximum Gasteiger partial charge on any atom is 0.0925 e. The standard InChI is InChI=1S/C16H24BrIO/c1-2-3-4-5-6-9-12-19-16(13-18)14-10-7-8-11-15(14)17/h7-8,10-11,16H,2-6,9,12-13H2,1H3. The molecule has 0 N–H and O–H groups in total. The Morgan fingerprint density at radius 1 is 1.11 bits per heavy atom. The SMILES string of the molecule is CCCCCCCCOC(CI)c1ccccc1Br. The molecule has 1 unspecified atom stereocenters. The van der Waals surface area contributed by atoms with Crippen molar-refractivity contribution >= 4 is 38.5 Å². The van der Waals surface area contributed by atoms with Crippen LogP contribution in [0.2, 0.25) is 0 Å². The van der Waals surface area contributed by atoms with Crippen molar-refractivity contribution in [2.75, 3.05) is 11.0 Å². The van der Waals surface area contributed by atoms with Gasteiger partial charge in [0.2, 0.25) is 0 Å². The highest BCUT2D eigenvalue weighted by atomic mass is 127. The van der Waals surface area contributed by atoms with Gasteiger partial charge in [0.15, 0.2) is 0 Å². The molecule has 0 aliphatic heterocycles. The fourth-order valence-electron chi connectivity index (χ4n) is 2.06. The molecule has 1 aromatic carbocycles. The van der Waals surface area contributed by atoms with Crippen molar-refractivity contribution in [3.8, 4) is 0 Å². The molecule has 0 aliphatic rings. The fraction of sp³-hybridized carbons (Fsp3) is 0.625. The van der Waals surface area contributed by atoms with Crippen LogP contribution in [0, 0.1) is 0 Å². The van der Waals surface area contributed by atoms with Gasteiger partial charge in [0.1, 0.15) is 0 Å². The van der Waals surface area contributed by atoms with Crippen LogP contribution in [0.25, 0.3) is 0 Å². The van der Waals surface area contributed by atoms with Gasteiger partial charge in [-0.25, -0.2) is 0 Å². The molecule has 3 heteroatoms. The Morgan fingerprint density at radius 3 is 2.47 bits per heavy atom. The third kappa shape index (κ3) is 7.09. The molecule has 0 saturated heterocycles. The van der Waals surface area contributed by atoms with E-state index in [2.05, 4.69) is 63.6 Å². The van der Waals surface area contributed by atoms with Crippen LogP contribution < -0.4 is 0 Å². The summed E-state index contributed by atoms with van der Waals surface area (Å²) in [7, 11) is 0. The molecule has 0 aliphatic carbocycles. The monoisotopic (exact) mass is 438 g/mol. The average Bonchev–Trinajstić information content (AvgIpc) is 2.43. The van der Waals surface area contributed by atoms with Crippen molar-refractivity contribution in [2.45, 2.75) is 51.6 Å². The molecule has 0 heterocycles. The Kier molecular flexibility index (Phi) is 10.2. The van der Waals surface area contributed by atoms with E-state index < -0.39 is 0 Å². The van der Waals surface area contributed by atoms with Gasteiger partial charge in [0.25, 0.3) is 0 Å². The summed E-state index contributed by atoms with van der Waals surface area (Å²) < 4.78 is 8.18. The lowest BCUT2D eigenvalue weighted by Gasteiger charge is -2.17. The zero-order valence-electron chi connectivity index (χ0n) is 11.7. The smallest absolute Gasteiger partial charge is 0.0925 e. The lowest BCUT2D eigenvalue weighted by atomic mass is 10.1. The summed E-state index contributed by atoms with van der Waals surface area (Å²) in [5.74, 6) is 0. The molecule has 0 bridgehead atoms. The Labute approximate surface area is 139 Å². The molecule has 19 heavy (non-hydrogen) atoms. The van der Waals surface area contributed by atoms with Gasteiger partial charge >= 0.3 is 0 Å². The third-order valence-corrected chi connectivity index (χ3v) is 4.73. The number of alkyl halides is 1. The van der Waals surface area contributed by atoms with E-state index >= 15 is 0 Å². The van der Waals surface area contributed by atoms with E-state index in [0.29, 0.717) is 0 Å². The van der Waals surface area contributed by atoms with Crippen LogP contribution in [0.3, 0.4) is 0 Å². The molecule has 0 fully saturated rings. The summed E-state index contributed by atoms with van der Waals surface area (Å²) >= 11 is 6.01. The van der Waals surface area contributed by atoms with E-state index in [1.807, 2.05) is 6.07 Å². The van der Waals surface area contributed by atoms with E-state index in [9.17, 15) is 0 Å². The van der Waals surface area contributed by atoms with Crippen LogP contribution in [0.4, 0.5) is 0 Å². The topological polar surface area (TPSA) is 9.23 Å². The number of halogens is 2. The minimum Gasteiger partial charge on any atom is -0.373 e. The van der Waals surface area contributed by atoms with E-state index in [1.54, 1.807) is 0 Å². The van der Waals surface area contributed by atoms with Crippen LogP contribution in [0.15, 0.2) is 28.7 Å². The van der Waals surface area contributed by atoms with Crippen LogP contribution in [0.1, 0.15) is 57.1 Å². The van der Waals surface area contributed by atoms with Gasteiger partial charge < -0.3 is 4.74 Å². The summed E-state index contributed by atoms with van der Waals surface area (Å²) in [6, 6.07) is 8.36. The molecule has 0 spiro atoms. The van der Waals surface area contributed by atoms with Crippen molar-refractivity contribution in [2.24, 2.45) is 0 Å². The predicted octanol–water partition coefficient (Wildman–Crippen LogP) is 6.30. The number of benzene rings is 1. The predicted molar refractivity (Wildman–Crippen MR) is 95.1 cm³/mol. The Bertz CT molecular complexity index is 343. The largest absolute Gasteiger partial charge is 0.373 e. The normalized spacial score (nSPS) is 12.6. The number of ether oxygens (including phenoxy) is 1. The van der Waals surface area contributed by atoms with E-state index in [1.165, 1.54) is 44.1 Å². The van der Waals surface area contributed by atoms with Crippen molar-refractivity contribution in [3.63, 3.8) is 0 Å². The molecule has 0 radical (unpaired) electrons. The van der Waals surface area contributed by atoms with Gasteiger partial charge in [-0.15, -0.1) is 0 Å². The first-order valence-electron chi connectivity index (χ1n) is 7.21. The van der Waals surface area contributed by atoms with Crippen molar-refractivity contribution < 1.29 is 4.74 Å². The lowest BCUT2D eigenvalue weighted by molar-refractivity contribution is 0.0674. The Morgan fingerprint density at radius 2 is 1.79 bits per heavy atom. The highest BCUT2D eigenvalue weighted by Crippen LogP contribution is 2.27. The molecule has 0 saturated carbocycles. The number of hydrogen-bond acceptors (Lipinski definition) is 1. The van der Waals surface area contributed by atoms with Crippen molar-refractivity contribution in [1.82, 2.24) is 0 Å². The molecule has 1 nitrogen and oxygen atoms in total. The van der Waals surface area contributed by atoms with Gasteiger partial charge in [-0.3, -0.25) is 0 Å². The van der Waals surface area contributed by atoms with Gasteiger partial charge in [0.05, 0.1) is 6.10 Å². The second-order valence-electron chi connectivity index (χ2n) is 4.80. The molecule has 1 atom stereocenters. The first kappa shape index (κ1) is 17.4. The second kappa shape index (κ2) is 11.1. The van der Waals surface area contributed by atoms with Crippen LogP contribution in [-0.2, 0) is 4.74 Å². The summed E-state index contributed by atoms with van der Waals surface area (Å²) in [5.41, 5.74) is 1.27. The molecule has 1 aromatic rings. The maximum absolute atomic E-state index is 6.03. The number of rotatable bonds is 10. The minimum absolute atomic E-state index is 0.215. The summed E-state index contributed by atoms with van der Waals surface area (Å²) in [4.78, 5) is 0. The minimum atomic E-state index is 0.215. The maximum atomic E-state index is 6.03. The van der Waals surface area contributed by atoms with Crippen LogP contribution in [-0.4, -0.2) is 11.0 Å². The summed E-state index contributed by atoms with van der Waals surface area (Å²) in [6.07, 6.45) is 8.10. The van der Waals surface area contributed by atoms with Gasteiger partial charge in [-0.2, -0.15) is 0 Å².